The number of aliphatic hydroxyl groups is 6. The van der Waals surface area contributed by atoms with E-state index in [4.69, 9.17) is 36.1 Å². The van der Waals surface area contributed by atoms with Gasteiger partial charge in [0, 0.05) is 25.0 Å². The lowest BCUT2D eigenvalue weighted by atomic mass is 9.84. The molecule has 13 N–H and O–H groups in total. The van der Waals surface area contributed by atoms with Crippen LogP contribution in [0.1, 0.15) is 19.8 Å². The lowest BCUT2D eigenvalue weighted by molar-refractivity contribution is -0.317. The normalized spacial score (nSPS) is 47.7. The maximum atomic E-state index is 11.1. The van der Waals surface area contributed by atoms with E-state index in [1.54, 1.807) is 6.92 Å². The molecule has 0 aromatic rings. The van der Waals surface area contributed by atoms with Gasteiger partial charge in [-0.25, -0.2) is 0 Å². The van der Waals surface area contributed by atoms with Crippen molar-refractivity contribution in [1.29, 1.82) is 0 Å². The molecule has 0 spiro atoms. The monoisotopic (exact) mass is 520 g/mol. The first-order chi connectivity index (χ1) is 17.1. The minimum atomic E-state index is -1.46. The molecular formula is C22H40N4O10. The Bertz CT molecular complexity index is 754. The molecule has 2 heterocycles. The zero-order valence-electron chi connectivity index (χ0n) is 20.2. The van der Waals surface area contributed by atoms with Gasteiger partial charge < -0.3 is 72.1 Å². The predicted octanol–water partition coefficient (Wildman–Crippen LogP) is -5.61. The van der Waals surface area contributed by atoms with Gasteiger partial charge in [-0.15, -0.1) is 5.92 Å². The highest BCUT2D eigenvalue weighted by atomic mass is 16.7. The Kier molecular flexibility index (Phi) is 10.8. The molecule has 3 aliphatic rings. The van der Waals surface area contributed by atoms with Crippen LogP contribution in [0, 0.1) is 11.8 Å². The van der Waals surface area contributed by atoms with Crippen LogP contribution in [0.3, 0.4) is 0 Å². The van der Waals surface area contributed by atoms with Crippen LogP contribution in [0.4, 0.5) is 0 Å². The first-order valence-electron chi connectivity index (χ1n) is 12.1. The molecule has 3 rings (SSSR count). The lowest BCUT2D eigenvalue weighted by Gasteiger charge is -2.47. The zero-order chi connectivity index (χ0) is 26.6. The summed E-state index contributed by atoms with van der Waals surface area (Å²) in [5.74, 6) is 5.57. The van der Waals surface area contributed by atoms with Crippen molar-refractivity contribution in [3.8, 4) is 11.8 Å². The first-order valence-corrected chi connectivity index (χ1v) is 12.1. The Morgan fingerprint density at radius 2 is 1.53 bits per heavy atom. The second-order valence-corrected chi connectivity index (χ2v) is 9.49. The average molecular weight is 521 g/mol. The molecule has 208 valence electrons. The van der Waals surface area contributed by atoms with Crippen LogP contribution >= 0.6 is 0 Å². The quantitative estimate of drug-likeness (QED) is 0.106. The molecule has 0 radical (unpaired) electrons. The van der Waals surface area contributed by atoms with Crippen molar-refractivity contribution in [2.75, 3.05) is 19.7 Å². The van der Waals surface area contributed by atoms with E-state index in [-0.39, 0.29) is 19.4 Å². The largest absolute Gasteiger partial charge is 0.394 e. The fourth-order valence-corrected chi connectivity index (χ4v) is 4.73. The van der Waals surface area contributed by atoms with E-state index >= 15 is 0 Å². The molecule has 2 saturated heterocycles. The Labute approximate surface area is 209 Å². The van der Waals surface area contributed by atoms with Gasteiger partial charge in [0.25, 0.3) is 0 Å². The smallest absolute Gasteiger partial charge is 0.186 e. The van der Waals surface area contributed by atoms with Crippen molar-refractivity contribution in [1.82, 2.24) is 5.32 Å². The summed E-state index contributed by atoms with van der Waals surface area (Å²) in [5, 5.41) is 64.6. The van der Waals surface area contributed by atoms with E-state index in [1.807, 2.05) is 0 Å². The highest BCUT2D eigenvalue weighted by Gasteiger charge is 2.50. The Hall–Kier alpha value is -1.00. The number of hydrogen-bond donors (Lipinski definition) is 10. The predicted molar refractivity (Wildman–Crippen MR) is 124 cm³/mol. The molecule has 1 saturated carbocycles. The van der Waals surface area contributed by atoms with Crippen molar-refractivity contribution < 1.29 is 49.6 Å². The number of hydrogen-bond acceptors (Lipinski definition) is 14. The molecule has 14 atom stereocenters. The molecule has 1 aliphatic carbocycles. The minimum Gasteiger partial charge on any atom is -0.394 e. The SMILES string of the molecule is CC#CCNC[C@H]1OC(O[C@H]2[C@H](O)[C@@H](O[C@H]3O[C@H](CO)[C@@H](O)[C@H](N)[C@H]3O)[C@H](N)C[C@@H]2N)C[C@@H](O)[C@@H]1O. The summed E-state index contributed by atoms with van der Waals surface area (Å²) in [6.07, 6.45) is -12.7. The lowest BCUT2D eigenvalue weighted by Crippen LogP contribution is -2.67. The van der Waals surface area contributed by atoms with E-state index in [0.29, 0.717) is 6.54 Å². The molecule has 2 aliphatic heterocycles. The second-order valence-electron chi connectivity index (χ2n) is 9.49. The third kappa shape index (κ3) is 6.70. The fraction of sp³-hybridized carbons (Fsp3) is 0.909. The molecule has 0 aromatic carbocycles. The topological polar surface area (TPSA) is 248 Å². The van der Waals surface area contributed by atoms with Gasteiger partial charge in [0.2, 0.25) is 0 Å². The summed E-state index contributed by atoms with van der Waals surface area (Å²) in [7, 11) is 0. The average Bonchev–Trinajstić information content (AvgIpc) is 2.84. The van der Waals surface area contributed by atoms with Crippen molar-refractivity contribution in [3.05, 3.63) is 0 Å². The Morgan fingerprint density at radius 3 is 2.17 bits per heavy atom. The van der Waals surface area contributed by atoms with Gasteiger partial charge in [0.1, 0.15) is 48.8 Å². The molecule has 0 bridgehead atoms. The van der Waals surface area contributed by atoms with E-state index < -0.39 is 92.2 Å². The van der Waals surface area contributed by atoms with Crippen molar-refractivity contribution in [2.45, 2.75) is 105 Å². The summed E-state index contributed by atoms with van der Waals surface area (Å²) >= 11 is 0. The molecule has 3 fully saturated rings. The van der Waals surface area contributed by atoms with E-state index in [0.717, 1.165) is 0 Å². The van der Waals surface area contributed by atoms with Gasteiger partial charge >= 0.3 is 0 Å². The minimum absolute atomic E-state index is 0.0602. The molecule has 14 nitrogen and oxygen atoms in total. The third-order valence-electron chi connectivity index (χ3n) is 6.87. The van der Waals surface area contributed by atoms with Crippen LogP contribution < -0.4 is 22.5 Å². The van der Waals surface area contributed by atoms with Crippen LogP contribution in [-0.4, -0.2) is 136 Å². The zero-order valence-corrected chi connectivity index (χ0v) is 20.2. The highest BCUT2D eigenvalue weighted by Crippen LogP contribution is 2.31. The van der Waals surface area contributed by atoms with Crippen LogP contribution in [0.5, 0.6) is 0 Å². The van der Waals surface area contributed by atoms with Gasteiger partial charge in [0.15, 0.2) is 12.6 Å². The van der Waals surface area contributed by atoms with E-state index in [1.165, 1.54) is 0 Å². The Balaban J connectivity index is 1.66. The maximum Gasteiger partial charge on any atom is 0.186 e. The van der Waals surface area contributed by atoms with Gasteiger partial charge in [-0.1, -0.05) is 5.92 Å². The molecule has 14 heteroatoms. The van der Waals surface area contributed by atoms with Crippen molar-refractivity contribution in [3.63, 3.8) is 0 Å². The van der Waals surface area contributed by atoms with Crippen LogP contribution in [0.2, 0.25) is 0 Å². The molecule has 0 aromatic heterocycles. The summed E-state index contributed by atoms with van der Waals surface area (Å²) in [4.78, 5) is 0. The van der Waals surface area contributed by atoms with Gasteiger partial charge in [-0.3, -0.25) is 0 Å². The summed E-state index contributed by atoms with van der Waals surface area (Å²) < 4.78 is 23.0. The van der Waals surface area contributed by atoms with E-state index in [2.05, 4.69) is 17.2 Å². The number of nitrogens with one attached hydrogen (secondary N) is 1. The van der Waals surface area contributed by atoms with Crippen LogP contribution in [0.25, 0.3) is 0 Å². The maximum absolute atomic E-state index is 11.1. The first kappa shape index (κ1) is 29.6. The standard InChI is InChI=1S/C22H40N4O10/c1-2-3-4-26-7-12-16(29)11(28)6-14(33-12)35-20-9(23)5-10(24)21(19(20)32)36-22-18(31)15(25)17(30)13(8-27)34-22/h9-22,26-32H,4-8,23-25H2,1H3/t9-,10+,11+,12+,13+,14?,15-,16-,17+,18+,19-,20+,21-,22+/m0/s1. The van der Waals surface area contributed by atoms with Crippen LogP contribution in [-0.2, 0) is 18.9 Å². The molecule has 0 amide bonds. The van der Waals surface area contributed by atoms with Gasteiger partial charge in [-0.05, 0) is 13.3 Å². The molecule has 36 heavy (non-hydrogen) atoms. The molecular weight excluding hydrogens is 480 g/mol. The highest BCUT2D eigenvalue weighted by molar-refractivity contribution is 5.01. The van der Waals surface area contributed by atoms with Crippen molar-refractivity contribution >= 4 is 0 Å². The van der Waals surface area contributed by atoms with Gasteiger partial charge in [0.05, 0.1) is 25.3 Å². The summed E-state index contributed by atoms with van der Waals surface area (Å²) in [5.41, 5.74) is 18.2. The van der Waals surface area contributed by atoms with Crippen molar-refractivity contribution in [2.24, 2.45) is 17.2 Å². The Morgan fingerprint density at radius 1 is 0.861 bits per heavy atom. The summed E-state index contributed by atoms with van der Waals surface area (Å²) in [6, 6.07) is -2.65. The van der Waals surface area contributed by atoms with Gasteiger partial charge in [-0.2, -0.15) is 0 Å². The van der Waals surface area contributed by atoms with E-state index in [9.17, 15) is 30.6 Å². The number of ether oxygens (including phenoxy) is 4. The number of rotatable bonds is 8. The molecule has 1 unspecified atom stereocenters. The number of aliphatic hydroxyl groups excluding tert-OH is 6. The fourth-order valence-electron chi connectivity index (χ4n) is 4.73. The number of nitrogens with two attached hydrogens (primary N) is 3. The second kappa shape index (κ2) is 13.2. The van der Waals surface area contributed by atoms with Crippen LogP contribution in [0.15, 0.2) is 0 Å². The third-order valence-corrected chi connectivity index (χ3v) is 6.87. The summed E-state index contributed by atoms with van der Waals surface area (Å²) in [6.45, 7) is 1.72.